The van der Waals surface area contributed by atoms with Crippen LogP contribution in [-0.4, -0.2) is 15.8 Å². The number of carbonyl (C=O) groups is 1. The predicted molar refractivity (Wildman–Crippen MR) is 161 cm³/mol. The highest BCUT2D eigenvalue weighted by atomic mass is 16.2. The number of nitrogens with zero attached hydrogens (tertiary/aromatic N) is 3. The fourth-order valence-electron chi connectivity index (χ4n) is 4.86. The molecule has 2 amide bonds. The summed E-state index contributed by atoms with van der Waals surface area (Å²) in [6.07, 6.45) is 10.2. The number of para-hydroxylation sites is 1. The third-order valence-electron chi connectivity index (χ3n) is 7.24. The summed E-state index contributed by atoms with van der Waals surface area (Å²) < 4.78 is 2.02. The van der Waals surface area contributed by atoms with Crippen molar-refractivity contribution in [3.05, 3.63) is 77.1 Å². The minimum Gasteiger partial charge on any atom is -0.307 e. The van der Waals surface area contributed by atoms with E-state index in [1.807, 2.05) is 15.8 Å². The molecule has 38 heavy (non-hydrogen) atoms. The standard InChI is InChI=1S/C33H48N4O/c1-8-9-10-11-12-20-36-22-27(21-34-36)23-37(29-18-16-28(17-19-29)24(2)3)33(38)35-32-30(25(4)5)14-13-15-31(32)26(6)7/h13-19,21-22,24-26H,8-12,20,23H2,1-7H3,(H,35,38). The van der Waals surface area contributed by atoms with Crippen molar-refractivity contribution in [2.24, 2.45) is 0 Å². The van der Waals surface area contributed by atoms with Gasteiger partial charge in [0.2, 0.25) is 0 Å². The number of amides is 2. The van der Waals surface area contributed by atoms with Crippen LogP contribution >= 0.6 is 0 Å². The second-order valence-corrected chi connectivity index (χ2v) is 11.4. The highest BCUT2D eigenvalue weighted by Gasteiger charge is 2.22. The molecule has 5 heteroatoms. The van der Waals surface area contributed by atoms with Crippen molar-refractivity contribution < 1.29 is 4.79 Å². The first-order chi connectivity index (χ1) is 18.2. The number of hydrogen-bond acceptors (Lipinski definition) is 2. The molecule has 0 fully saturated rings. The van der Waals surface area contributed by atoms with Gasteiger partial charge < -0.3 is 5.32 Å². The zero-order valence-corrected chi connectivity index (χ0v) is 24.6. The zero-order valence-electron chi connectivity index (χ0n) is 24.6. The number of urea groups is 1. The Labute approximate surface area is 230 Å². The molecule has 0 saturated carbocycles. The molecule has 1 aromatic heterocycles. The van der Waals surface area contributed by atoms with E-state index >= 15 is 0 Å². The molecule has 0 aliphatic rings. The molecule has 0 bridgehead atoms. The SMILES string of the molecule is CCCCCCCn1cc(CN(C(=O)Nc2c(C(C)C)cccc2C(C)C)c2ccc(C(C)C)cc2)cn1. The van der Waals surface area contributed by atoms with Crippen molar-refractivity contribution in [1.29, 1.82) is 0 Å². The van der Waals surface area contributed by atoms with Crippen LogP contribution in [0.1, 0.15) is 121 Å². The highest BCUT2D eigenvalue weighted by Crippen LogP contribution is 2.33. The molecule has 1 heterocycles. The maximum Gasteiger partial charge on any atom is 0.326 e. The van der Waals surface area contributed by atoms with Crippen molar-refractivity contribution >= 4 is 17.4 Å². The molecule has 3 aromatic rings. The first kappa shape index (κ1) is 29.5. The van der Waals surface area contributed by atoms with Crippen molar-refractivity contribution in [2.75, 3.05) is 10.2 Å². The number of unbranched alkanes of at least 4 members (excludes halogenated alkanes) is 4. The summed E-state index contributed by atoms with van der Waals surface area (Å²) in [6.45, 7) is 16.7. The average molecular weight is 517 g/mol. The molecule has 5 nitrogen and oxygen atoms in total. The van der Waals surface area contributed by atoms with Crippen LogP contribution in [-0.2, 0) is 13.1 Å². The minimum absolute atomic E-state index is 0.121. The van der Waals surface area contributed by atoms with Gasteiger partial charge in [-0.3, -0.25) is 9.58 Å². The highest BCUT2D eigenvalue weighted by molar-refractivity contribution is 6.02. The Balaban J connectivity index is 1.87. The summed E-state index contributed by atoms with van der Waals surface area (Å²) in [4.78, 5) is 15.8. The van der Waals surface area contributed by atoms with Crippen LogP contribution < -0.4 is 10.2 Å². The first-order valence-corrected chi connectivity index (χ1v) is 14.5. The number of benzene rings is 2. The third-order valence-corrected chi connectivity index (χ3v) is 7.24. The van der Waals surface area contributed by atoms with Gasteiger partial charge in [0.05, 0.1) is 12.7 Å². The van der Waals surface area contributed by atoms with Crippen LogP contribution in [0, 0.1) is 0 Å². The van der Waals surface area contributed by atoms with E-state index in [9.17, 15) is 4.79 Å². The van der Waals surface area contributed by atoms with Crippen LogP contribution in [0.4, 0.5) is 16.2 Å². The summed E-state index contributed by atoms with van der Waals surface area (Å²) in [6, 6.07) is 14.6. The van der Waals surface area contributed by atoms with Crippen molar-refractivity contribution in [1.82, 2.24) is 9.78 Å². The van der Waals surface area contributed by atoms with Crippen LogP contribution in [0.3, 0.4) is 0 Å². The lowest BCUT2D eigenvalue weighted by molar-refractivity contribution is 0.256. The number of aromatic nitrogens is 2. The van der Waals surface area contributed by atoms with E-state index in [0.717, 1.165) is 41.0 Å². The van der Waals surface area contributed by atoms with Crippen LogP contribution in [0.25, 0.3) is 0 Å². The second-order valence-electron chi connectivity index (χ2n) is 11.4. The molecule has 206 valence electrons. The van der Waals surface area contributed by atoms with Gasteiger partial charge in [-0.1, -0.05) is 104 Å². The lowest BCUT2D eigenvalue weighted by Crippen LogP contribution is -2.35. The summed E-state index contributed by atoms with van der Waals surface area (Å²) in [5, 5.41) is 7.91. The van der Waals surface area contributed by atoms with E-state index in [1.54, 1.807) is 0 Å². The van der Waals surface area contributed by atoms with Crippen molar-refractivity contribution in [3.63, 3.8) is 0 Å². The molecule has 0 unspecified atom stereocenters. The maximum absolute atomic E-state index is 14.0. The fraction of sp³-hybridized carbons (Fsp3) is 0.515. The smallest absolute Gasteiger partial charge is 0.307 e. The number of carbonyl (C=O) groups excluding carboxylic acids is 1. The van der Waals surface area contributed by atoms with Gasteiger partial charge in [-0.05, 0) is 53.0 Å². The summed E-state index contributed by atoms with van der Waals surface area (Å²) >= 11 is 0. The van der Waals surface area contributed by atoms with Gasteiger partial charge in [-0.2, -0.15) is 5.10 Å². The van der Waals surface area contributed by atoms with Gasteiger partial charge in [0.25, 0.3) is 0 Å². The number of aryl methyl sites for hydroxylation is 1. The predicted octanol–water partition coefficient (Wildman–Crippen LogP) is 9.46. The monoisotopic (exact) mass is 516 g/mol. The Morgan fingerprint density at radius 3 is 2.08 bits per heavy atom. The largest absolute Gasteiger partial charge is 0.326 e. The van der Waals surface area contributed by atoms with Crippen molar-refractivity contribution in [2.45, 2.75) is 111 Å². The number of anilines is 2. The van der Waals surface area contributed by atoms with Gasteiger partial charge >= 0.3 is 6.03 Å². The van der Waals surface area contributed by atoms with Gasteiger partial charge in [-0.15, -0.1) is 0 Å². The average Bonchev–Trinajstić information content (AvgIpc) is 3.34. The Morgan fingerprint density at radius 1 is 0.868 bits per heavy atom. The minimum atomic E-state index is -0.121. The lowest BCUT2D eigenvalue weighted by Gasteiger charge is -2.26. The lowest BCUT2D eigenvalue weighted by atomic mass is 9.93. The molecule has 0 radical (unpaired) electrons. The molecule has 1 N–H and O–H groups in total. The maximum atomic E-state index is 14.0. The van der Waals surface area contributed by atoms with Gasteiger partial charge in [-0.25, -0.2) is 4.79 Å². The van der Waals surface area contributed by atoms with Gasteiger partial charge in [0.15, 0.2) is 0 Å². The molecule has 0 aliphatic heterocycles. The Bertz CT molecular complexity index is 1120. The van der Waals surface area contributed by atoms with Crippen molar-refractivity contribution in [3.8, 4) is 0 Å². The first-order valence-electron chi connectivity index (χ1n) is 14.5. The number of nitrogens with one attached hydrogen (secondary N) is 1. The molecule has 0 spiro atoms. The van der Waals surface area contributed by atoms with Crippen LogP contribution in [0.15, 0.2) is 54.9 Å². The summed E-state index contributed by atoms with van der Waals surface area (Å²) in [7, 11) is 0. The van der Waals surface area contributed by atoms with E-state index in [-0.39, 0.29) is 6.03 Å². The van der Waals surface area contributed by atoms with Crippen LogP contribution in [0.5, 0.6) is 0 Å². The Kier molecular flexibility index (Phi) is 11.0. The fourth-order valence-corrected chi connectivity index (χ4v) is 4.86. The van der Waals surface area contributed by atoms with Gasteiger partial charge in [0, 0.05) is 29.7 Å². The Hall–Kier alpha value is -3.08. The van der Waals surface area contributed by atoms with E-state index in [2.05, 4.69) is 108 Å². The topological polar surface area (TPSA) is 50.2 Å². The third kappa shape index (κ3) is 7.96. The quantitative estimate of drug-likeness (QED) is 0.230. The molecule has 0 atom stereocenters. The van der Waals surface area contributed by atoms with E-state index in [1.165, 1.54) is 31.2 Å². The van der Waals surface area contributed by atoms with Gasteiger partial charge in [0.1, 0.15) is 0 Å². The molecular weight excluding hydrogens is 468 g/mol. The normalized spacial score (nSPS) is 11.5. The molecular formula is C33H48N4O. The van der Waals surface area contributed by atoms with E-state index in [0.29, 0.717) is 24.3 Å². The Morgan fingerprint density at radius 2 is 1.50 bits per heavy atom. The number of rotatable bonds is 13. The molecule has 3 rings (SSSR count). The molecule has 0 aliphatic carbocycles. The summed E-state index contributed by atoms with van der Waals surface area (Å²) in [5.74, 6) is 1.05. The van der Waals surface area contributed by atoms with Crippen LogP contribution in [0.2, 0.25) is 0 Å². The second kappa shape index (κ2) is 14.2. The summed E-state index contributed by atoms with van der Waals surface area (Å²) in [5.41, 5.74) is 6.44. The van der Waals surface area contributed by atoms with E-state index in [4.69, 9.17) is 0 Å². The van der Waals surface area contributed by atoms with E-state index < -0.39 is 0 Å². The zero-order chi connectivity index (χ0) is 27.7. The number of hydrogen-bond donors (Lipinski definition) is 1. The molecule has 2 aromatic carbocycles. The molecule has 0 saturated heterocycles.